The van der Waals surface area contributed by atoms with E-state index in [2.05, 4.69) is 5.32 Å². The number of aryl methyl sites for hydroxylation is 1. The van der Waals surface area contributed by atoms with Crippen molar-refractivity contribution in [2.24, 2.45) is 0 Å². The number of fused-ring (bicyclic) bond motifs is 2. The maximum absolute atomic E-state index is 13.4. The number of rotatable bonds is 6. The number of hydrogen-bond donors (Lipinski definition) is 1. The van der Waals surface area contributed by atoms with E-state index in [0.29, 0.717) is 36.5 Å². The largest absolute Gasteiger partial charge is 0.493 e. The number of ketones is 1. The quantitative estimate of drug-likeness (QED) is 0.568. The van der Waals surface area contributed by atoms with Crippen LogP contribution in [0.25, 0.3) is 0 Å². The molecule has 8 nitrogen and oxygen atoms in total. The van der Waals surface area contributed by atoms with Crippen LogP contribution in [0.15, 0.2) is 30.3 Å². The number of amides is 3. The number of aromatic nitrogens is 1. The molecule has 0 unspecified atom stereocenters. The highest BCUT2D eigenvalue weighted by Gasteiger charge is 2.55. The van der Waals surface area contributed by atoms with E-state index in [4.69, 9.17) is 9.47 Å². The van der Waals surface area contributed by atoms with Gasteiger partial charge in [-0.2, -0.15) is 0 Å². The first-order valence-corrected chi connectivity index (χ1v) is 10.4. The van der Waals surface area contributed by atoms with Crippen LogP contribution in [-0.4, -0.2) is 54.1 Å². The van der Waals surface area contributed by atoms with E-state index in [9.17, 15) is 14.4 Å². The molecule has 31 heavy (non-hydrogen) atoms. The third-order valence-corrected chi connectivity index (χ3v) is 6.19. The first-order chi connectivity index (χ1) is 14.8. The number of imide groups is 1. The van der Waals surface area contributed by atoms with Gasteiger partial charge in [0.15, 0.2) is 11.3 Å². The minimum Gasteiger partial charge on any atom is -0.493 e. The topological polar surface area (TPSA) is 89.9 Å². The minimum absolute atomic E-state index is 0.0604. The molecule has 8 heteroatoms. The zero-order chi connectivity index (χ0) is 22.3. The molecule has 4 rings (SSSR count). The van der Waals surface area contributed by atoms with Crippen molar-refractivity contribution in [3.05, 3.63) is 52.8 Å². The molecule has 3 heterocycles. The van der Waals surface area contributed by atoms with Gasteiger partial charge in [0.05, 0.1) is 25.8 Å². The Morgan fingerprint density at radius 2 is 2.03 bits per heavy atom. The predicted molar refractivity (Wildman–Crippen MR) is 113 cm³/mol. The highest BCUT2D eigenvalue weighted by atomic mass is 16.5. The van der Waals surface area contributed by atoms with Crippen LogP contribution in [0.2, 0.25) is 0 Å². The second kappa shape index (κ2) is 7.85. The lowest BCUT2D eigenvalue weighted by Gasteiger charge is -2.33. The summed E-state index contributed by atoms with van der Waals surface area (Å²) in [6.45, 7) is 6.33. The van der Waals surface area contributed by atoms with Crippen molar-refractivity contribution in [1.29, 1.82) is 0 Å². The van der Waals surface area contributed by atoms with Crippen LogP contribution in [0, 0.1) is 13.8 Å². The maximum Gasteiger partial charge on any atom is 0.325 e. The van der Waals surface area contributed by atoms with Gasteiger partial charge in [0.2, 0.25) is 0 Å². The number of hydrogen-bond acceptors (Lipinski definition) is 5. The summed E-state index contributed by atoms with van der Waals surface area (Å²) in [5.74, 6) is -0.112. The van der Waals surface area contributed by atoms with Crippen LogP contribution in [0.5, 0.6) is 5.75 Å². The summed E-state index contributed by atoms with van der Waals surface area (Å²) in [7, 11) is 1.64. The summed E-state index contributed by atoms with van der Waals surface area (Å²) in [5, 5.41) is 2.83. The average molecular weight is 425 g/mol. The first-order valence-electron chi connectivity index (χ1n) is 10.4. The lowest BCUT2D eigenvalue weighted by Crippen LogP contribution is -2.47. The molecule has 0 aliphatic carbocycles. The number of urea groups is 1. The zero-order valence-corrected chi connectivity index (χ0v) is 18.2. The van der Waals surface area contributed by atoms with Crippen LogP contribution in [0.4, 0.5) is 4.79 Å². The third-order valence-electron chi connectivity index (χ3n) is 6.19. The fourth-order valence-electron chi connectivity index (χ4n) is 4.80. The van der Waals surface area contributed by atoms with Gasteiger partial charge in [-0.05, 0) is 32.9 Å². The van der Waals surface area contributed by atoms with Gasteiger partial charge in [0, 0.05) is 36.0 Å². The summed E-state index contributed by atoms with van der Waals surface area (Å²) in [6.07, 6.45) is 0.322. The van der Waals surface area contributed by atoms with E-state index < -0.39 is 17.5 Å². The number of nitrogens with zero attached hydrogens (tertiary/aromatic N) is 2. The molecule has 2 atom stereocenters. The molecule has 164 valence electrons. The molecule has 1 fully saturated rings. The third kappa shape index (κ3) is 3.31. The average Bonchev–Trinajstić information content (AvgIpc) is 3.16. The van der Waals surface area contributed by atoms with Crippen molar-refractivity contribution < 1.29 is 23.9 Å². The van der Waals surface area contributed by atoms with Crippen LogP contribution >= 0.6 is 0 Å². The van der Waals surface area contributed by atoms with Crippen LogP contribution in [-0.2, 0) is 15.1 Å². The number of para-hydroxylation sites is 1. The maximum atomic E-state index is 13.4. The Labute approximate surface area is 181 Å². The van der Waals surface area contributed by atoms with E-state index in [1.165, 1.54) is 0 Å². The van der Waals surface area contributed by atoms with Crippen LogP contribution in [0.1, 0.15) is 46.7 Å². The molecule has 0 saturated carbocycles. The predicted octanol–water partition coefficient (Wildman–Crippen LogP) is 2.72. The molecule has 1 spiro atoms. The summed E-state index contributed by atoms with van der Waals surface area (Å²) in [6, 6.07) is 8.49. The van der Waals surface area contributed by atoms with Crippen molar-refractivity contribution in [1.82, 2.24) is 14.8 Å². The van der Waals surface area contributed by atoms with E-state index in [1.807, 2.05) is 37.5 Å². The number of nitrogens with one attached hydrogen (secondary N) is 1. The minimum atomic E-state index is -1.18. The van der Waals surface area contributed by atoms with Crippen LogP contribution in [0.3, 0.4) is 0 Å². The van der Waals surface area contributed by atoms with Gasteiger partial charge in [-0.15, -0.1) is 0 Å². The van der Waals surface area contributed by atoms with Gasteiger partial charge < -0.3 is 19.4 Å². The Kier molecular flexibility index (Phi) is 5.35. The fourth-order valence-corrected chi connectivity index (χ4v) is 4.80. The summed E-state index contributed by atoms with van der Waals surface area (Å²) in [5.41, 5.74) is 1.67. The number of ether oxygens (including phenoxy) is 2. The molecule has 0 bridgehead atoms. The second-order valence-corrected chi connectivity index (χ2v) is 8.20. The van der Waals surface area contributed by atoms with Gasteiger partial charge in [0.1, 0.15) is 5.75 Å². The standard InChI is InChI=1S/C23H27N3O5/c1-14-11-17(16(3)26(14)15(2)13-30-4)19(27)12-25-21(28)23(24-22(25)29)9-10-31-20-8-6-5-7-18(20)23/h5-8,11,15H,9-10,12-13H2,1-4H3,(H,24,29)/t15-,23-/m1/s1. The lowest BCUT2D eigenvalue weighted by molar-refractivity contribution is -0.132. The number of methoxy groups -OCH3 is 1. The number of carbonyl (C=O) groups is 3. The number of benzene rings is 1. The molecule has 2 aromatic rings. The molecule has 1 aromatic heterocycles. The monoisotopic (exact) mass is 425 g/mol. The van der Waals surface area contributed by atoms with Crippen molar-refractivity contribution in [2.75, 3.05) is 26.9 Å². The highest BCUT2D eigenvalue weighted by molar-refractivity contribution is 6.12. The van der Waals surface area contributed by atoms with E-state index in [0.717, 1.165) is 16.3 Å². The van der Waals surface area contributed by atoms with Crippen molar-refractivity contribution in [3.63, 3.8) is 0 Å². The SMILES string of the molecule is COC[C@@H](C)n1c(C)cc(C(=O)CN2C(=O)N[C@@]3(CCOc4ccccc43)C2=O)c1C. The molecule has 1 saturated heterocycles. The Morgan fingerprint density at radius 1 is 1.29 bits per heavy atom. The first kappa shape index (κ1) is 21.1. The van der Waals surface area contributed by atoms with Gasteiger partial charge in [-0.25, -0.2) is 4.79 Å². The van der Waals surface area contributed by atoms with Crippen molar-refractivity contribution in [3.8, 4) is 5.75 Å². The highest BCUT2D eigenvalue weighted by Crippen LogP contribution is 2.41. The number of carbonyl (C=O) groups excluding carboxylic acids is 3. The summed E-state index contributed by atoms with van der Waals surface area (Å²) < 4.78 is 12.9. The Balaban J connectivity index is 1.60. The molecule has 1 aromatic carbocycles. The Morgan fingerprint density at radius 3 is 2.77 bits per heavy atom. The van der Waals surface area contributed by atoms with Crippen LogP contribution < -0.4 is 10.1 Å². The second-order valence-electron chi connectivity index (χ2n) is 8.20. The Bertz CT molecular complexity index is 1060. The van der Waals surface area contributed by atoms with Gasteiger partial charge in [-0.3, -0.25) is 14.5 Å². The number of Topliss-reactive ketones (excluding diaryl/α,β-unsaturated/α-hetero) is 1. The molecular formula is C23H27N3O5. The molecule has 2 aliphatic heterocycles. The molecular weight excluding hydrogens is 398 g/mol. The smallest absolute Gasteiger partial charge is 0.325 e. The fraction of sp³-hybridized carbons (Fsp3) is 0.435. The van der Waals surface area contributed by atoms with Crippen molar-refractivity contribution >= 4 is 17.7 Å². The van der Waals surface area contributed by atoms with E-state index in [-0.39, 0.29) is 18.4 Å². The molecule has 1 N–H and O–H groups in total. The van der Waals surface area contributed by atoms with Gasteiger partial charge >= 0.3 is 6.03 Å². The zero-order valence-electron chi connectivity index (χ0n) is 18.2. The lowest BCUT2D eigenvalue weighted by atomic mass is 9.84. The molecule has 0 radical (unpaired) electrons. The molecule has 2 aliphatic rings. The normalized spacial score (nSPS) is 21.1. The molecule has 3 amide bonds. The van der Waals surface area contributed by atoms with Gasteiger partial charge in [-0.1, -0.05) is 18.2 Å². The Hall–Kier alpha value is -3.13. The van der Waals surface area contributed by atoms with Gasteiger partial charge in [0.25, 0.3) is 5.91 Å². The summed E-state index contributed by atoms with van der Waals surface area (Å²) >= 11 is 0. The van der Waals surface area contributed by atoms with E-state index in [1.54, 1.807) is 25.3 Å². The van der Waals surface area contributed by atoms with E-state index >= 15 is 0 Å². The summed E-state index contributed by atoms with van der Waals surface area (Å²) in [4.78, 5) is 40.3. The van der Waals surface area contributed by atoms with Crippen molar-refractivity contribution in [2.45, 2.75) is 38.8 Å².